The SMILES string of the molecule is CC(C)(C)c1cc(C(=O)N2CCC(O)CC2)ccc1O. The highest BCUT2D eigenvalue weighted by Gasteiger charge is 2.24. The van der Waals surface area contributed by atoms with Gasteiger partial charge in [-0.3, -0.25) is 4.79 Å². The number of aromatic hydroxyl groups is 1. The van der Waals surface area contributed by atoms with Crippen LogP contribution >= 0.6 is 0 Å². The number of aliphatic hydroxyl groups is 1. The summed E-state index contributed by atoms with van der Waals surface area (Å²) in [4.78, 5) is 14.2. The van der Waals surface area contributed by atoms with Crippen LogP contribution in [0.25, 0.3) is 0 Å². The van der Waals surface area contributed by atoms with E-state index in [0.29, 0.717) is 31.5 Å². The van der Waals surface area contributed by atoms with Crippen LogP contribution in [0.1, 0.15) is 49.5 Å². The number of carbonyl (C=O) groups is 1. The van der Waals surface area contributed by atoms with E-state index in [4.69, 9.17) is 0 Å². The number of piperidine rings is 1. The molecule has 1 saturated heterocycles. The van der Waals surface area contributed by atoms with Crippen molar-refractivity contribution in [3.8, 4) is 5.75 Å². The Kier molecular flexibility index (Phi) is 4.04. The van der Waals surface area contributed by atoms with Gasteiger partial charge in [0.2, 0.25) is 0 Å². The van der Waals surface area contributed by atoms with Gasteiger partial charge in [-0.2, -0.15) is 0 Å². The van der Waals surface area contributed by atoms with Crippen molar-refractivity contribution in [1.29, 1.82) is 0 Å². The van der Waals surface area contributed by atoms with Gasteiger partial charge in [-0.1, -0.05) is 20.8 Å². The van der Waals surface area contributed by atoms with Crippen molar-refractivity contribution in [2.75, 3.05) is 13.1 Å². The first-order valence-corrected chi connectivity index (χ1v) is 7.10. The number of nitrogens with zero attached hydrogens (tertiary/aromatic N) is 1. The minimum Gasteiger partial charge on any atom is -0.508 e. The third-order valence-electron chi connectivity index (χ3n) is 3.80. The van der Waals surface area contributed by atoms with E-state index in [1.165, 1.54) is 0 Å². The summed E-state index contributed by atoms with van der Waals surface area (Å²) in [5.74, 6) is 0.200. The Morgan fingerprint density at radius 3 is 2.40 bits per heavy atom. The molecule has 1 aliphatic heterocycles. The molecule has 2 rings (SSSR count). The maximum absolute atomic E-state index is 12.5. The second-order valence-electron chi connectivity index (χ2n) is 6.51. The van der Waals surface area contributed by atoms with Crippen molar-refractivity contribution in [3.63, 3.8) is 0 Å². The topological polar surface area (TPSA) is 60.8 Å². The molecule has 4 heteroatoms. The largest absolute Gasteiger partial charge is 0.508 e. The summed E-state index contributed by atoms with van der Waals surface area (Å²) in [5, 5.41) is 19.4. The van der Waals surface area contributed by atoms with E-state index in [1.54, 1.807) is 23.1 Å². The predicted molar refractivity (Wildman–Crippen MR) is 78.0 cm³/mol. The molecule has 1 aromatic rings. The molecule has 1 heterocycles. The summed E-state index contributed by atoms with van der Waals surface area (Å²) >= 11 is 0. The maximum Gasteiger partial charge on any atom is 0.253 e. The number of hydrogen-bond donors (Lipinski definition) is 2. The van der Waals surface area contributed by atoms with Crippen molar-refractivity contribution >= 4 is 5.91 Å². The van der Waals surface area contributed by atoms with Gasteiger partial charge in [0.1, 0.15) is 5.75 Å². The molecule has 0 unspecified atom stereocenters. The third kappa shape index (κ3) is 3.12. The van der Waals surface area contributed by atoms with Crippen LogP contribution in [0.15, 0.2) is 18.2 Å². The van der Waals surface area contributed by atoms with Crippen LogP contribution in [0.5, 0.6) is 5.75 Å². The fourth-order valence-corrected chi connectivity index (χ4v) is 2.52. The van der Waals surface area contributed by atoms with Gasteiger partial charge < -0.3 is 15.1 Å². The molecule has 1 aromatic carbocycles. The van der Waals surface area contributed by atoms with Crippen molar-refractivity contribution in [1.82, 2.24) is 4.90 Å². The number of phenols is 1. The molecule has 20 heavy (non-hydrogen) atoms. The zero-order valence-electron chi connectivity index (χ0n) is 12.4. The van der Waals surface area contributed by atoms with Gasteiger partial charge in [0, 0.05) is 24.2 Å². The molecule has 2 N–H and O–H groups in total. The van der Waals surface area contributed by atoms with Gasteiger partial charge in [0.15, 0.2) is 0 Å². The lowest BCUT2D eigenvalue weighted by atomic mass is 9.85. The van der Waals surface area contributed by atoms with Crippen molar-refractivity contribution in [2.45, 2.75) is 45.1 Å². The van der Waals surface area contributed by atoms with Crippen LogP contribution in [0, 0.1) is 0 Å². The van der Waals surface area contributed by atoms with Crippen LogP contribution in [-0.4, -0.2) is 40.2 Å². The average Bonchev–Trinajstić information content (AvgIpc) is 2.38. The fraction of sp³-hybridized carbons (Fsp3) is 0.562. The molecule has 0 saturated carbocycles. The van der Waals surface area contributed by atoms with E-state index in [1.807, 2.05) is 20.8 Å². The highest BCUT2D eigenvalue weighted by molar-refractivity contribution is 5.94. The monoisotopic (exact) mass is 277 g/mol. The quantitative estimate of drug-likeness (QED) is 0.828. The number of phenolic OH excluding ortho intramolecular Hbond substituents is 1. The molecule has 0 bridgehead atoms. The lowest BCUT2D eigenvalue weighted by Gasteiger charge is -2.30. The molecule has 110 valence electrons. The predicted octanol–water partition coefficient (Wildman–Crippen LogP) is 2.29. The minimum absolute atomic E-state index is 0.0256. The summed E-state index contributed by atoms with van der Waals surface area (Å²) in [7, 11) is 0. The standard InChI is InChI=1S/C16H23NO3/c1-16(2,3)13-10-11(4-5-14(13)19)15(20)17-8-6-12(18)7-9-17/h4-5,10,12,18-19H,6-9H2,1-3H3. The minimum atomic E-state index is -0.288. The molecule has 0 atom stereocenters. The van der Waals surface area contributed by atoms with Crippen LogP contribution in [-0.2, 0) is 5.41 Å². The van der Waals surface area contributed by atoms with Crippen LogP contribution < -0.4 is 0 Å². The molecule has 0 radical (unpaired) electrons. The van der Waals surface area contributed by atoms with Crippen LogP contribution in [0.3, 0.4) is 0 Å². The van der Waals surface area contributed by atoms with E-state index in [2.05, 4.69) is 0 Å². The molecule has 1 amide bonds. The van der Waals surface area contributed by atoms with Crippen molar-refractivity contribution < 1.29 is 15.0 Å². The van der Waals surface area contributed by atoms with Crippen molar-refractivity contribution in [3.05, 3.63) is 29.3 Å². The zero-order chi connectivity index (χ0) is 14.9. The Hall–Kier alpha value is -1.55. The summed E-state index contributed by atoms with van der Waals surface area (Å²) in [6.45, 7) is 7.20. The van der Waals surface area contributed by atoms with E-state index in [9.17, 15) is 15.0 Å². The van der Waals surface area contributed by atoms with E-state index in [0.717, 1.165) is 5.56 Å². The number of amides is 1. The molecule has 4 nitrogen and oxygen atoms in total. The Morgan fingerprint density at radius 2 is 1.85 bits per heavy atom. The van der Waals surface area contributed by atoms with Gasteiger partial charge in [-0.25, -0.2) is 0 Å². The number of hydrogen-bond acceptors (Lipinski definition) is 3. The van der Waals surface area contributed by atoms with Gasteiger partial charge in [0.05, 0.1) is 6.10 Å². The van der Waals surface area contributed by atoms with E-state index in [-0.39, 0.29) is 23.2 Å². The van der Waals surface area contributed by atoms with E-state index >= 15 is 0 Å². The Bertz CT molecular complexity index is 497. The molecule has 0 spiro atoms. The van der Waals surface area contributed by atoms with Gasteiger partial charge >= 0.3 is 0 Å². The first-order chi connectivity index (χ1) is 9.29. The number of benzene rings is 1. The first-order valence-electron chi connectivity index (χ1n) is 7.10. The maximum atomic E-state index is 12.5. The van der Waals surface area contributed by atoms with Crippen LogP contribution in [0.4, 0.5) is 0 Å². The number of rotatable bonds is 1. The summed E-state index contributed by atoms with van der Waals surface area (Å²) in [5.41, 5.74) is 1.17. The van der Waals surface area contributed by atoms with Gasteiger partial charge in [-0.15, -0.1) is 0 Å². The lowest BCUT2D eigenvalue weighted by Crippen LogP contribution is -2.40. The van der Waals surface area contributed by atoms with E-state index < -0.39 is 0 Å². The molecule has 1 fully saturated rings. The second-order valence-corrected chi connectivity index (χ2v) is 6.51. The fourth-order valence-electron chi connectivity index (χ4n) is 2.52. The first kappa shape index (κ1) is 14.9. The average molecular weight is 277 g/mol. The number of likely N-dealkylation sites (tertiary alicyclic amines) is 1. The summed E-state index contributed by atoms with van der Waals surface area (Å²) in [6, 6.07) is 5.03. The highest BCUT2D eigenvalue weighted by atomic mass is 16.3. The Morgan fingerprint density at radius 1 is 1.25 bits per heavy atom. The summed E-state index contributed by atoms with van der Waals surface area (Å²) < 4.78 is 0. The third-order valence-corrected chi connectivity index (χ3v) is 3.80. The van der Waals surface area contributed by atoms with Crippen LogP contribution in [0.2, 0.25) is 0 Å². The Labute approximate surface area is 120 Å². The lowest BCUT2D eigenvalue weighted by molar-refractivity contribution is 0.0546. The molecular weight excluding hydrogens is 254 g/mol. The second kappa shape index (κ2) is 5.44. The smallest absolute Gasteiger partial charge is 0.253 e. The normalized spacial score (nSPS) is 17.3. The van der Waals surface area contributed by atoms with Gasteiger partial charge in [-0.05, 0) is 36.5 Å². The molecule has 1 aliphatic rings. The summed E-state index contributed by atoms with van der Waals surface area (Å²) in [6.07, 6.45) is 0.982. The zero-order valence-corrected chi connectivity index (χ0v) is 12.4. The molecular formula is C16H23NO3. The number of aliphatic hydroxyl groups excluding tert-OH is 1. The number of carbonyl (C=O) groups excluding carboxylic acids is 1. The van der Waals surface area contributed by atoms with Crippen molar-refractivity contribution in [2.24, 2.45) is 0 Å². The molecule has 0 aliphatic carbocycles. The Balaban J connectivity index is 2.23. The van der Waals surface area contributed by atoms with Gasteiger partial charge in [0.25, 0.3) is 5.91 Å². The molecule has 0 aromatic heterocycles. The highest BCUT2D eigenvalue weighted by Crippen LogP contribution is 2.31.